The van der Waals surface area contributed by atoms with Crippen LogP contribution in [0.5, 0.6) is 0 Å². The van der Waals surface area contributed by atoms with Crippen LogP contribution in [0.15, 0.2) is 5.11 Å². The molecule has 0 aromatic carbocycles. The van der Waals surface area contributed by atoms with Gasteiger partial charge in [0, 0.05) is 18.0 Å². The Hall–Kier alpha value is -0.770. The molecular formula is C6H14N4O. The molecule has 0 fully saturated rings. The summed E-state index contributed by atoms with van der Waals surface area (Å²) >= 11 is 0. The number of nitrogens with one attached hydrogen (secondary N) is 1. The van der Waals surface area contributed by atoms with Crippen LogP contribution in [0.25, 0.3) is 10.4 Å². The second kappa shape index (κ2) is 9.23. The molecule has 0 amide bonds. The highest BCUT2D eigenvalue weighted by Crippen LogP contribution is 1.87. The van der Waals surface area contributed by atoms with Gasteiger partial charge in [0.2, 0.25) is 0 Å². The van der Waals surface area contributed by atoms with Crippen LogP contribution in [0.2, 0.25) is 0 Å². The van der Waals surface area contributed by atoms with Crippen molar-refractivity contribution in [3.8, 4) is 0 Å². The summed E-state index contributed by atoms with van der Waals surface area (Å²) < 4.78 is 0. The van der Waals surface area contributed by atoms with Gasteiger partial charge in [0.15, 0.2) is 0 Å². The molecule has 0 aliphatic rings. The van der Waals surface area contributed by atoms with Gasteiger partial charge in [0.1, 0.15) is 0 Å². The normalized spacial score (nSPS) is 9.18. The summed E-state index contributed by atoms with van der Waals surface area (Å²) in [7, 11) is 0. The highest BCUT2D eigenvalue weighted by atomic mass is 16.3. The number of aliphatic hydroxyl groups excluding tert-OH is 1. The lowest BCUT2D eigenvalue weighted by Gasteiger charge is -1.99. The highest BCUT2D eigenvalue weighted by Gasteiger charge is 1.85. The van der Waals surface area contributed by atoms with Crippen LogP contribution in [0.3, 0.4) is 0 Å². The minimum Gasteiger partial charge on any atom is -0.395 e. The molecule has 2 N–H and O–H groups in total. The largest absolute Gasteiger partial charge is 0.395 e. The standard InChI is InChI=1S/C6H14N4O/c7-10-9-4-2-1-3-8-5-6-11/h8,11H,1-6H2. The second-order valence-corrected chi connectivity index (χ2v) is 2.14. The van der Waals surface area contributed by atoms with Gasteiger partial charge in [-0.2, -0.15) is 0 Å². The molecule has 0 atom stereocenters. The van der Waals surface area contributed by atoms with Gasteiger partial charge in [0.05, 0.1) is 6.61 Å². The van der Waals surface area contributed by atoms with Crippen LogP contribution >= 0.6 is 0 Å². The first-order valence-electron chi connectivity index (χ1n) is 3.74. The maximum atomic E-state index is 8.38. The van der Waals surface area contributed by atoms with Crippen molar-refractivity contribution in [2.24, 2.45) is 5.11 Å². The summed E-state index contributed by atoms with van der Waals surface area (Å²) in [5, 5.41) is 14.8. The zero-order valence-electron chi connectivity index (χ0n) is 6.53. The number of hydrogen-bond donors (Lipinski definition) is 2. The molecule has 0 spiro atoms. The van der Waals surface area contributed by atoms with Crippen LogP contribution in [-0.4, -0.2) is 31.3 Å². The first-order valence-corrected chi connectivity index (χ1v) is 3.74. The smallest absolute Gasteiger partial charge is 0.0555 e. The first kappa shape index (κ1) is 10.2. The third-order valence-corrected chi connectivity index (χ3v) is 1.21. The number of hydrogen-bond acceptors (Lipinski definition) is 3. The quantitative estimate of drug-likeness (QED) is 0.247. The fourth-order valence-corrected chi connectivity index (χ4v) is 0.681. The maximum absolute atomic E-state index is 8.38. The average molecular weight is 158 g/mol. The van der Waals surface area contributed by atoms with Crippen molar-refractivity contribution in [1.82, 2.24) is 5.32 Å². The van der Waals surface area contributed by atoms with Crippen molar-refractivity contribution >= 4 is 0 Å². The molecule has 5 heteroatoms. The molecule has 0 aliphatic heterocycles. The predicted octanol–water partition coefficient (Wildman–Crippen LogP) is 0.659. The lowest BCUT2D eigenvalue weighted by atomic mass is 10.3. The van der Waals surface area contributed by atoms with E-state index in [1.54, 1.807) is 0 Å². The highest BCUT2D eigenvalue weighted by molar-refractivity contribution is 4.50. The van der Waals surface area contributed by atoms with Crippen LogP contribution in [-0.2, 0) is 0 Å². The summed E-state index contributed by atoms with van der Waals surface area (Å²) in [6, 6.07) is 0. The number of nitrogens with zero attached hydrogens (tertiary/aromatic N) is 3. The van der Waals surface area contributed by atoms with E-state index in [1.165, 1.54) is 0 Å². The summed E-state index contributed by atoms with van der Waals surface area (Å²) in [5.41, 5.74) is 7.92. The summed E-state index contributed by atoms with van der Waals surface area (Å²) in [4.78, 5) is 2.63. The zero-order chi connectivity index (χ0) is 8.36. The Kier molecular flexibility index (Phi) is 8.58. The van der Waals surface area contributed by atoms with Gasteiger partial charge in [-0.3, -0.25) is 0 Å². The van der Waals surface area contributed by atoms with Crippen LogP contribution in [0, 0.1) is 0 Å². The van der Waals surface area contributed by atoms with Gasteiger partial charge >= 0.3 is 0 Å². The van der Waals surface area contributed by atoms with E-state index in [9.17, 15) is 0 Å². The van der Waals surface area contributed by atoms with E-state index in [1.807, 2.05) is 0 Å². The third kappa shape index (κ3) is 9.23. The molecule has 0 bridgehead atoms. The molecule has 0 aliphatic carbocycles. The van der Waals surface area contributed by atoms with Gasteiger partial charge in [-0.1, -0.05) is 5.11 Å². The molecule has 0 radical (unpaired) electrons. The molecule has 0 rings (SSSR count). The van der Waals surface area contributed by atoms with E-state index in [-0.39, 0.29) is 6.61 Å². The Labute approximate surface area is 66.0 Å². The summed E-state index contributed by atoms with van der Waals surface area (Å²) in [6.45, 7) is 2.26. The molecule has 64 valence electrons. The maximum Gasteiger partial charge on any atom is 0.0555 e. The molecule has 0 heterocycles. The van der Waals surface area contributed by atoms with Crippen molar-refractivity contribution in [1.29, 1.82) is 0 Å². The molecule has 0 saturated carbocycles. The van der Waals surface area contributed by atoms with Crippen molar-refractivity contribution in [3.63, 3.8) is 0 Å². The van der Waals surface area contributed by atoms with Crippen molar-refractivity contribution < 1.29 is 5.11 Å². The van der Waals surface area contributed by atoms with Gasteiger partial charge in [0.25, 0.3) is 0 Å². The van der Waals surface area contributed by atoms with Crippen molar-refractivity contribution in [2.45, 2.75) is 12.8 Å². The minimum absolute atomic E-state index is 0.177. The topological polar surface area (TPSA) is 81.0 Å². The summed E-state index contributed by atoms with van der Waals surface area (Å²) in [6.07, 6.45) is 1.89. The van der Waals surface area contributed by atoms with Gasteiger partial charge in [-0.25, -0.2) is 0 Å². The lowest BCUT2D eigenvalue weighted by Crippen LogP contribution is -2.19. The Morgan fingerprint density at radius 1 is 1.36 bits per heavy atom. The van der Waals surface area contributed by atoms with Crippen molar-refractivity contribution in [3.05, 3.63) is 10.4 Å². The van der Waals surface area contributed by atoms with Crippen molar-refractivity contribution in [2.75, 3.05) is 26.2 Å². The molecule has 0 saturated heterocycles. The SMILES string of the molecule is [N-]=[N+]=NCCCCNCCO. The number of aliphatic hydroxyl groups is 1. The van der Waals surface area contributed by atoms with E-state index in [2.05, 4.69) is 15.3 Å². The lowest BCUT2D eigenvalue weighted by molar-refractivity contribution is 0.292. The number of azide groups is 1. The Bertz CT molecular complexity index is 122. The Morgan fingerprint density at radius 2 is 2.18 bits per heavy atom. The van der Waals surface area contributed by atoms with E-state index < -0.39 is 0 Å². The fraction of sp³-hybridized carbons (Fsp3) is 1.00. The fourth-order valence-electron chi connectivity index (χ4n) is 0.681. The van der Waals surface area contributed by atoms with Crippen LogP contribution in [0.4, 0.5) is 0 Å². The van der Waals surface area contributed by atoms with Crippen LogP contribution in [0.1, 0.15) is 12.8 Å². The third-order valence-electron chi connectivity index (χ3n) is 1.21. The second-order valence-electron chi connectivity index (χ2n) is 2.14. The minimum atomic E-state index is 0.177. The van der Waals surface area contributed by atoms with E-state index in [4.69, 9.17) is 10.6 Å². The Morgan fingerprint density at radius 3 is 2.82 bits per heavy atom. The van der Waals surface area contributed by atoms with Gasteiger partial charge < -0.3 is 10.4 Å². The monoisotopic (exact) mass is 158 g/mol. The summed E-state index contributed by atoms with van der Waals surface area (Å²) in [5.74, 6) is 0. The molecular weight excluding hydrogens is 144 g/mol. The molecule has 0 unspecified atom stereocenters. The first-order chi connectivity index (χ1) is 5.41. The molecule has 11 heavy (non-hydrogen) atoms. The van der Waals surface area contributed by atoms with Gasteiger partial charge in [-0.15, -0.1) is 0 Å². The molecule has 0 aromatic heterocycles. The van der Waals surface area contributed by atoms with Gasteiger partial charge in [-0.05, 0) is 24.9 Å². The molecule has 5 nitrogen and oxygen atoms in total. The average Bonchev–Trinajstić information content (AvgIpc) is 2.03. The zero-order valence-corrected chi connectivity index (χ0v) is 6.53. The number of rotatable bonds is 7. The number of unbranched alkanes of at least 4 members (excludes halogenated alkanes) is 1. The molecule has 0 aromatic rings. The van der Waals surface area contributed by atoms with E-state index in [0.29, 0.717) is 13.1 Å². The van der Waals surface area contributed by atoms with E-state index in [0.717, 1.165) is 19.4 Å². The predicted molar refractivity (Wildman–Crippen MR) is 43.2 cm³/mol. The van der Waals surface area contributed by atoms with E-state index >= 15 is 0 Å². The Balaban J connectivity index is 2.84. The van der Waals surface area contributed by atoms with Crippen LogP contribution < -0.4 is 5.32 Å².